The Kier molecular flexibility index (Phi) is 6.35. The van der Waals surface area contributed by atoms with Crippen molar-refractivity contribution in [3.8, 4) is 0 Å². The maximum Gasteiger partial charge on any atom is 0.334 e. The molecule has 0 saturated heterocycles. The van der Waals surface area contributed by atoms with Crippen LogP contribution in [0.1, 0.15) is 23.0 Å². The van der Waals surface area contributed by atoms with Crippen LogP contribution in [0.2, 0.25) is 0 Å². The number of hydrogen-bond acceptors (Lipinski definition) is 6. The van der Waals surface area contributed by atoms with Gasteiger partial charge in [-0.15, -0.1) is 0 Å². The summed E-state index contributed by atoms with van der Waals surface area (Å²) in [5, 5.41) is 0. The van der Waals surface area contributed by atoms with E-state index in [1.165, 1.54) is 0 Å². The van der Waals surface area contributed by atoms with Gasteiger partial charge in [0.1, 0.15) is 23.0 Å². The van der Waals surface area contributed by atoms with E-state index in [-0.39, 0.29) is 12.6 Å². The molecular formula is C24H22O6. The van der Waals surface area contributed by atoms with Crippen molar-refractivity contribution in [3.63, 3.8) is 0 Å². The van der Waals surface area contributed by atoms with Crippen LogP contribution in [0.25, 0.3) is 0 Å². The first-order chi connectivity index (χ1) is 14.8. The monoisotopic (exact) mass is 406 g/mol. The first-order valence-corrected chi connectivity index (χ1v) is 9.75. The Morgan fingerprint density at radius 2 is 1.13 bits per heavy atom. The van der Waals surface area contributed by atoms with Gasteiger partial charge in [-0.05, 0) is 54.1 Å². The lowest BCUT2D eigenvalue weighted by Gasteiger charge is -2.13. The summed E-state index contributed by atoms with van der Waals surface area (Å²) in [6.07, 6.45) is 8.20. The van der Waals surface area contributed by atoms with Gasteiger partial charge in [0, 0.05) is 31.3 Å². The lowest BCUT2D eigenvalue weighted by Crippen LogP contribution is -2.16. The minimum absolute atomic E-state index is 0.225. The van der Waals surface area contributed by atoms with Crippen molar-refractivity contribution in [1.29, 1.82) is 0 Å². The Morgan fingerprint density at radius 1 is 0.667 bits per heavy atom. The molecule has 0 spiro atoms. The highest BCUT2D eigenvalue weighted by atomic mass is 16.5. The smallest absolute Gasteiger partial charge is 0.334 e. The van der Waals surface area contributed by atoms with Crippen molar-refractivity contribution < 1.29 is 27.2 Å². The standard InChI is InChI=1S/C24H22O6/c25-24(30-14-9-19-5-1-10-26-19)23(17-22-8-4-13-29-22)18(15-20-6-2-11-27-20)16-21-7-3-12-28-21/h1-8,10-13H,9,14-17H2. The highest BCUT2D eigenvalue weighted by Crippen LogP contribution is 2.23. The van der Waals surface area contributed by atoms with E-state index in [2.05, 4.69) is 0 Å². The Labute approximate surface area is 173 Å². The minimum atomic E-state index is -0.383. The summed E-state index contributed by atoms with van der Waals surface area (Å²) in [6.45, 7) is 0.225. The van der Waals surface area contributed by atoms with Gasteiger partial charge >= 0.3 is 5.97 Å². The third kappa shape index (κ3) is 5.23. The zero-order valence-electron chi connectivity index (χ0n) is 16.4. The predicted molar refractivity (Wildman–Crippen MR) is 108 cm³/mol. The van der Waals surface area contributed by atoms with Crippen LogP contribution < -0.4 is 0 Å². The van der Waals surface area contributed by atoms with Crippen LogP contribution in [0.5, 0.6) is 0 Å². The van der Waals surface area contributed by atoms with Crippen molar-refractivity contribution in [2.24, 2.45) is 0 Å². The average Bonchev–Trinajstić information content (AvgIpc) is 3.55. The molecule has 6 nitrogen and oxygen atoms in total. The van der Waals surface area contributed by atoms with E-state index in [1.54, 1.807) is 31.1 Å². The van der Waals surface area contributed by atoms with Gasteiger partial charge in [-0.3, -0.25) is 0 Å². The molecule has 0 radical (unpaired) electrons. The number of allylic oxidation sites excluding steroid dienone is 1. The summed E-state index contributed by atoms with van der Waals surface area (Å²) in [5.74, 6) is 2.59. The lowest BCUT2D eigenvalue weighted by atomic mass is 9.96. The zero-order valence-corrected chi connectivity index (χ0v) is 16.4. The quantitative estimate of drug-likeness (QED) is 0.267. The van der Waals surface area contributed by atoms with Gasteiger partial charge in [0.2, 0.25) is 0 Å². The van der Waals surface area contributed by atoms with Gasteiger partial charge in [0.25, 0.3) is 0 Å². The summed E-state index contributed by atoms with van der Waals surface area (Å²) < 4.78 is 27.4. The van der Waals surface area contributed by atoms with Crippen molar-refractivity contribution in [3.05, 3.63) is 108 Å². The van der Waals surface area contributed by atoms with E-state index in [1.807, 2.05) is 42.5 Å². The third-order valence-corrected chi connectivity index (χ3v) is 4.70. The van der Waals surface area contributed by atoms with Crippen molar-refractivity contribution in [1.82, 2.24) is 0 Å². The van der Waals surface area contributed by atoms with Crippen molar-refractivity contribution in [2.75, 3.05) is 6.61 Å². The Bertz CT molecular complexity index is 997. The molecule has 0 aliphatic heterocycles. The molecule has 0 atom stereocenters. The number of ether oxygens (including phenoxy) is 1. The van der Waals surface area contributed by atoms with E-state index in [4.69, 9.17) is 22.4 Å². The SMILES string of the molecule is O=C(OCCc1ccco1)C(Cc1ccco1)=C(Cc1ccco1)Cc1ccco1. The molecule has 0 fully saturated rings. The van der Waals surface area contributed by atoms with Gasteiger partial charge in [-0.25, -0.2) is 4.79 Å². The molecule has 0 N–H and O–H groups in total. The fourth-order valence-electron chi connectivity index (χ4n) is 3.24. The Balaban J connectivity index is 1.59. The summed E-state index contributed by atoms with van der Waals surface area (Å²) in [7, 11) is 0. The fraction of sp³-hybridized carbons (Fsp3) is 0.208. The van der Waals surface area contributed by atoms with Gasteiger partial charge in [-0.1, -0.05) is 0 Å². The van der Waals surface area contributed by atoms with Crippen molar-refractivity contribution in [2.45, 2.75) is 25.7 Å². The second-order valence-electron chi connectivity index (χ2n) is 6.82. The molecule has 6 heteroatoms. The van der Waals surface area contributed by atoms with E-state index in [0.29, 0.717) is 37.0 Å². The van der Waals surface area contributed by atoms with Crippen LogP contribution >= 0.6 is 0 Å². The van der Waals surface area contributed by atoms with E-state index in [0.717, 1.165) is 22.9 Å². The summed E-state index contributed by atoms with van der Waals surface area (Å²) >= 11 is 0. The Morgan fingerprint density at radius 3 is 1.60 bits per heavy atom. The van der Waals surface area contributed by atoms with Crippen LogP contribution in [0.15, 0.2) is 102 Å². The number of rotatable bonds is 10. The summed E-state index contributed by atoms with van der Waals surface area (Å²) in [6, 6.07) is 14.7. The third-order valence-electron chi connectivity index (χ3n) is 4.70. The van der Waals surface area contributed by atoms with Gasteiger partial charge in [0.15, 0.2) is 0 Å². The highest BCUT2D eigenvalue weighted by molar-refractivity contribution is 5.90. The van der Waals surface area contributed by atoms with E-state index < -0.39 is 0 Å². The van der Waals surface area contributed by atoms with Gasteiger partial charge < -0.3 is 22.4 Å². The molecule has 0 amide bonds. The van der Waals surface area contributed by atoms with Crippen LogP contribution in [0.4, 0.5) is 0 Å². The van der Waals surface area contributed by atoms with Crippen molar-refractivity contribution >= 4 is 5.97 Å². The van der Waals surface area contributed by atoms with Crippen LogP contribution in [0.3, 0.4) is 0 Å². The second-order valence-corrected chi connectivity index (χ2v) is 6.82. The lowest BCUT2D eigenvalue weighted by molar-refractivity contribution is -0.139. The topological polar surface area (TPSA) is 78.9 Å². The molecule has 0 bridgehead atoms. The first-order valence-electron chi connectivity index (χ1n) is 9.75. The molecule has 0 unspecified atom stereocenters. The average molecular weight is 406 g/mol. The highest BCUT2D eigenvalue weighted by Gasteiger charge is 2.21. The Hall–Kier alpha value is -3.67. The molecule has 0 aliphatic carbocycles. The number of carbonyl (C=O) groups excluding carboxylic acids is 1. The molecule has 4 aromatic heterocycles. The molecule has 0 saturated carbocycles. The number of carbonyl (C=O) groups is 1. The molecule has 0 aromatic carbocycles. The molecule has 4 aromatic rings. The largest absolute Gasteiger partial charge is 0.469 e. The molecule has 154 valence electrons. The van der Waals surface area contributed by atoms with E-state index in [9.17, 15) is 4.79 Å². The van der Waals surface area contributed by atoms with Crippen LogP contribution in [0, 0.1) is 0 Å². The molecule has 4 rings (SSSR count). The summed E-state index contributed by atoms with van der Waals surface area (Å²) in [4.78, 5) is 13.1. The molecule has 4 heterocycles. The van der Waals surface area contributed by atoms with E-state index >= 15 is 0 Å². The normalized spacial score (nSPS) is 10.8. The fourth-order valence-corrected chi connectivity index (χ4v) is 3.24. The second kappa shape index (κ2) is 9.69. The van der Waals surface area contributed by atoms with Gasteiger partial charge in [-0.2, -0.15) is 0 Å². The number of hydrogen-bond donors (Lipinski definition) is 0. The molecule has 30 heavy (non-hydrogen) atoms. The maximum absolute atomic E-state index is 13.1. The molecular weight excluding hydrogens is 384 g/mol. The maximum atomic E-state index is 13.1. The zero-order chi connectivity index (χ0) is 20.6. The molecule has 0 aliphatic rings. The number of furan rings is 4. The predicted octanol–water partition coefficient (Wildman–Crippen LogP) is 5.17. The van der Waals surface area contributed by atoms with Crippen LogP contribution in [-0.4, -0.2) is 12.6 Å². The minimum Gasteiger partial charge on any atom is -0.469 e. The van der Waals surface area contributed by atoms with Gasteiger partial charge in [0.05, 0.1) is 31.7 Å². The number of esters is 1. The van der Waals surface area contributed by atoms with Crippen LogP contribution in [-0.2, 0) is 35.2 Å². The summed E-state index contributed by atoms with van der Waals surface area (Å²) in [5.41, 5.74) is 1.40. The first kappa shape index (κ1) is 19.6.